The van der Waals surface area contributed by atoms with Gasteiger partial charge in [0.2, 0.25) is 0 Å². The van der Waals surface area contributed by atoms with E-state index < -0.39 is 0 Å². The first kappa shape index (κ1) is 13.0. The van der Waals surface area contributed by atoms with E-state index in [2.05, 4.69) is 15.2 Å². The van der Waals surface area contributed by atoms with Gasteiger partial charge >= 0.3 is 0 Å². The van der Waals surface area contributed by atoms with E-state index >= 15 is 0 Å². The molecule has 0 bridgehead atoms. The number of aromatic nitrogens is 5. The molecular formula is C15H13N5O. The molecule has 0 aliphatic carbocycles. The van der Waals surface area contributed by atoms with Crippen LogP contribution in [0.3, 0.4) is 0 Å². The molecule has 1 aromatic carbocycles. The molecule has 3 rings (SSSR count). The van der Waals surface area contributed by atoms with Gasteiger partial charge in [0, 0.05) is 24.4 Å². The quantitative estimate of drug-likeness (QED) is 0.540. The molecule has 0 fully saturated rings. The van der Waals surface area contributed by atoms with Gasteiger partial charge in [-0.2, -0.15) is 10.2 Å². The van der Waals surface area contributed by atoms with Crippen LogP contribution in [0.5, 0.6) is 0 Å². The molecule has 2 heterocycles. The van der Waals surface area contributed by atoms with Crippen LogP contribution in [-0.2, 0) is 7.05 Å². The first-order valence-corrected chi connectivity index (χ1v) is 6.38. The van der Waals surface area contributed by atoms with Gasteiger partial charge < -0.3 is 0 Å². The molecule has 0 aliphatic heterocycles. The fraction of sp³-hybridized carbons (Fsp3) is 0.0667. The number of aryl methyl sites for hydroxylation is 1. The molecule has 6 heteroatoms. The lowest BCUT2D eigenvalue weighted by atomic mass is 10.1. The highest BCUT2D eigenvalue weighted by molar-refractivity contribution is 6.06. The average Bonchev–Trinajstić information content (AvgIpc) is 3.16. The van der Waals surface area contributed by atoms with Gasteiger partial charge in [0.15, 0.2) is 5.78 Å². The summed E-state index contributed by atoms with van der Waals surface area (Å²) < 4.78 is 3.33. The predicted molar refractivity (Wildman–Crippen MR) is 77.9 cm³/mol. The molecule has 0 amide bonds. The average molecular weight is 279 g/mol. The molecule has 2 aromatic heterocycles. The third kappa shape index (κ3) is 2.94. The van der Waals surface area contributed by atoms with Crippen molar-refractivity contribution in [3.8, 4) is 5.69 Å². The summed E-state index contributed by atoms with van der Waals surface area (Å²) in [5.41, 5.74) is 2.38. The number of nitrogens with zero attached hydrogens (tertiary/aromatic N) is 5. The summed E-state index contributed by atoms with van der Waals surface area (Å²) in [6.07, 6.45) is 9.92. The number of allylic oxidation sites excluding steroid dienone is 1. The van der Waals surface area contributed by atoms with Crippen molar-refractivity contribution in [2.24, 2.45) is 7.05 Å². The van der Waals surface area contributed by atoms with Gasteiger partial charge in [-0.15, -0.1) is 0 Å². The smallest absolute Gasteiger partial charge is 0.185 e. The van der Waals surface area contributed by atoms with Gasteiger partial charge in [0.25, 0.3) is 0 Å². The minimum Gasteiger partial charge on any atom is -0.289 e. The molecule has 0 unspecified atom stereocenters. The number of carbonyl (C=O) groups excluding carboxylic acids is 1. The number of carbonyl (C=O) groups is 1. The lowest BCUT2D eigenvalue weighted by Gasteiger charge is -2.01. The zero-order chi connectivity index (χ0) is 14.7. The molecule has 0 aliphatic rings. The zero-order valence-electron chi connectivity index (χ0n) is 11.4. The fourth-order valence-corrected chi connectivity index (χ4v) is 1.91. The van der Waals surface area contributed by atoms with Crippen molar-refractivity contribution in [1.82, 2.24) is 24.5 Å². The van der Waals surface area contributed by atoms with Crippen LogP contribution < -0.4 is 0 Å². The Balaban J connectivity index is 1.74. The maximum Gasteiger partial charge on any atom is 0.185 e. The van der Waals surface area contributed by atoms with Gasteiger partial charge in [-0.05, 0) is 36.4 Å². The van der Waals surface area contributed by atoms with Crippen molar-refractivity contribution in [1.29, 1.82) is 0 Å². The van der Waals surface area contributed by atoms with Crippen LogP contribution in [0.15, 0.2) is 55.4 Å². The minimum absolute atomic E-state index is 0.0519. The summed E-state index contributed by atoms with van der Waals surface area (Å²) in [5.74, 6) is -0.0519. The van der Waals surface area contributed by atoms with E-state index in [1.54, 1.807) is 46.2 Å². The second-order valence-electron chi connectivity index (χ2n) is 4.53. The van der Waals surface area contributed by atoms with Crippen molar-refractivity contribution >= 4 is 11.9 Å². The Bertz CT molecular complexity index is 769. The van der Waals surface area contributed by atoms with E-state index in [1.807, 2.05) is 25.4 Å². The van der Waals surface area contributed by atoms with Crippen LogP contribution in [0.25, 0.3) is 11.8 Å². The van der Waals surface area contributed by atoms with Gasteiger partial charge in [-0.25, -0.2) is 9.67 Å². The Morgan fingerprint density at radius 3 is 2.62 bits per heavy atom. The van der Waals surface area contributed by atoms with Crippen molar-refractivity contribution in [2.45, 2.75) is 0 Å². The van der Waals surface area contributed by atoms with Crippen molar-refractivity contribution in [3.05, 3.63) is 66.5 Å². The Morgan fingerprint density at radius 1 is 1.19 bits per heavy atom. The van der Waals surface area contributed by atoms with E-state index in [4.69, 9.17) is 0 Å². The van der Waals surface area contributed by atoms with Crippen molar-refractivity contribution < 1.29 is 4.79 Å². The summed E-state index contributed by atoms with van der Waals surface area (Å²) in [5, 5.41) is 8.08. The third-order valence-electron chi connectivity index (χ3n) is 2.99. The highest BCUT2D eigenvalue weighted by atomic mass is 16.1. The van der Waals surface area contributed by atoms with Crippen molar-refractivity contribution in [2.75, 3.05) is 0 Å². The fourth-order valence-electron chi connectivity index (χ4n) is 1.91. The van der Waals surface area contributed by atoms with Crippen LogP contribution in [0.4, 0.5) is 0 Å². The highest BCUT2D eigenvalue weighted by Crippen LogP contribution is 2.10. The monoisotopic (exact) mass is 279 g/mol. The Morgan fingerprint density at radius 2 is 2.00 bits per heavy atom. The molecule has 0 spiro atoms. The lowest BCUT2D eigenvalue weighted by molar-refractivity contribution is 0.104. The predicted octanol–water partition coefficient (Wildman–Crippen LogP) is 1.90. The van der Waals surface area contributed by atoms with Crippen LogP contribution in [0.1, 0.15) is 15.9 Å². The Labute approximate surface area is 121 Å². The van der Waals surface area contributed by atoms with Crippen LogP contribution >= 0.6 is 0 Å². The SMILES string of the molecule is Cn1cc(/C=C\C(=O)c2ccc(-n3cncn3)cc2)cn1. The minimum atomic E-state index is -0.0519. The van der Waals surface area contributed by atoms with Gasteiger partial charge in [-0.3, -0.25) is 9.48 Å². The molecule has 0 atom stereocenters. The molecule has 0 saturated heterocycles. The lowest BCUT2D eigenvalue weighted by Crippen LogP contribution is -1.97. The number of hydrogen-bond acceptors (Lipinski definition) is 4. The molecule has 21 heavy (non-hydrogen) atoms. The largest absolute Gasteiger partial charge is 0.289 e. The van der Waals surface area contributed by atoms with E-state index in [1.165, 1.54) is 6.33 Å². The normalized spacial score (nSPS) is 11.1. The molecule has 3 aromatic rings. The van der Waals surface area contributed by atoms with Crippen molar-refractivity contribution in [3.63, 3.8) is 0 Å². The molecular weight excluding hydrogens is 266 g/mol. The molecule has 104 valence electrons. The highest BCUT2D eigenvalue weighted by Gasteiger charge is 2.03. The maximum absolute atomic E-state index is 12.1. The number of rotatable bonds is 4. The summed E-state index contributed by atoms with van der Waals surface area (Å²) in [6.45, 7) is 0. The van der Waals surface area contributed by atoms with Gasteiger partial charge in [0.1, 0.15) is 12.7 Å². The van der Waals surface area contributed by atoms with Gasteiger partial charge in [0.05, 0.1) is 11.9 Å². The van der Waals surface area contributed by atoms with E-state index in [0.717, 1.165) is 11.3 Å². The first-order chi connectivity index (χ1) is 10.2. The summed E-state index contributed by atoms with van der Waals surface area (Å²) in [4.78, 5) is 16.0. The summed E-state index contributed by atoms with van der Waals surface area (Å²) >= 11 is 0. The molecule has 0 radical (unpaired) electrons. The third-order valence-corrected chi connectivity index (χ3v) is 2.99. The van der Waals surface area contributed by atoms with Crippen LogP contribution in [-0.4, -0.2) is 30.3 Å². The number of benzene rings is 1. The summed E-state index contributed by atoms with van der Waals surface area (Å²) in [7, 11) is 1.84. The number of ketones is 1. The first-order valence-electron chi connectivity index (χ1n) is 6.38. The van der Waals surface area contributed by atoms with Crippen LogP contribution in [0.2, 0.25) is 0 Å². The number of hydrogen-bond donors (Lipinski definition) is 0. The maximum atomic E-state index is 12.1. The topological polar surface area (TPSA) is 65.6 Å². The van der Waals surface area contributed by atoms with Gasteiger partial charge in [-0.1, -0.05) is 0 Å². The molecule has 0 N–H and O–H groups in total. The van der Waals surface area contributed by atoms with E-state index in [0.29, 0.717) is 5.56 Å². The standard InChI is InChI=1S/C15H13N5O/c1-19-9-12(8-17-19)2-7-15(21)13-3-5-14(6-4-13)20-11-16-10-18-20/h2-11H,1H3/b7-2-. The second-order valence-corrected chi connectivity index (χ2v) is 4.53. The van der Waals surface area contributed by atoms with E-state index in [-0.39, 0.29) is 5.78 Å². The summed E-state index contributed by atoms with van der Waals surface area (Å²) in [6, 6.07) is 7.21. The van der Waals surface area contributed by atoms with Crippen LogP contribution in [0, 0.1) is 0 Å². The van der Waals surface area contributed by atoms with E-state index in [9.17, 15) is 4.79 Å². The molecule has 0 saturated carbocycles. The molecule has 6 nitrogen and oxygen atoms in total. The zero-order valence-corrected chi connectivity index (χ0v) is 11.4. The Kier molecular flexibility index (Phi) is 3.42. The Hall–Kier alpha value is -3.02. The second kappa shape index (κ2) is 5.54.